The maximum Gasteiger partial charge on any atom is 0.324 e. The van der Waals surface area contributed by atoms with Crippen molar-refractivity contribution < 1.29 is 9.63 Å². The van der Waals surface area contributed by atoms with Crippen LogP contribution in [0.15, 0.2) is 12.1 Å². The highest BCUT2D eigenvalue weighted by molar-refractivity contribution is 5.68. The van der Waals surface area contributed by atoms with Crippen molar-refractivity contribution in [3.63, 3.8) is 0 Å². The van der Waals surface area contributed by atoms with E-state index in [9.17, 15) is 4.79 Å². The summed E-state index contributed by atoms with van der Waals surface area (Å²) in [5, 5.41) is 5.23. The molecule has 25 heavy (non-hydrogen) atoms. The molecule has 1 N–H and O–H groups in total. The number of carbonyl (C=O) groups excluding carboxylic acids is 1. The zero-order valence-electron chi connectivity index (χ0n) is 15.5. The van der Waals surface area contributed by atoms with E-state index in [0.29, 0.717) is 12.5 Å². The van der Waals surface area contributed by atoms with Gasteiger partial charge in [-0.1, -0.05) is 13.0 Å². The Bertz CT molecular complexity index is 587. The van der Waals surface area contributed by atoms with Gasteiger partial charge in [0.05, 0.1) is 6.04 Å². The molecular formula is C19H30N4O2. The van der Waals surface area contributed by atoms with Gasteiger partial charge in [-0.05, 0) is 50.8 Å². The molecule has 1 fully saturated rings. The zero-order chi connectivity index (χ0) is 17.6. The summed E-state index contributed by atoms with van der Waals surface area (Å²) in [5.74, 6) is 0.941. The summed E-state index contributed by atoms with van der Waals surface area (Å²) in [6, 6.07) is 4.74. The molecule has 6 heteroatoms. The lowest BCUT2D eigenvalue weighted by atomic mass is 10.1. The molecule has 1 aromatic heterocycles. The van der Waals surface area contributed by atoms with Crippen LogP contribution in [0.1, 0.15) is 44.4 Å². The summed E-state index contributed by atoms with van der Waals surface area (Å²) >= 11 is 0. The maximum atomic E-state index is 11.4. The molecule has 0 atom stereocenters. The van der Waals surface area contributed by atoms with Crippen LogP contribution in [-0.4, -0.2) is 59.7 Å². The average Bonchev–Trinajstić information content (AvgIpc) is 2.61. The van der Waals surface area contributed by atoms with Gasteiger partial charge < -0.3 is 10.2 Å². The highest BCUT2D eigenvalue weighted by Gasteiger charge is 2.32. The number of aromatic nitrogens is 1. The number of hydrogen-bond acceptors (Lipinski definition) is 6. The van der Waals surface area contributed by atoms with E-state index in [1.54, 1.807) is 0 Å². The van der Waals surface area contributed by atoms with Gasteiger partial charge in [-0.2, -0.15) is 0 Å². The van der Waals surface area contributed by atoms with Crippen molar-refractivity contribution in [2.45, 2.75) is 52.0 Å². The van der Waals surface area contributed by atoms with E-state index >= 15 is 0 Å². The monoisotopic (exact) mass is 346 g/mol. The predicted molar refractivity (Wildman–Crippen MR) is 98.4 cm³/mol. The van der Waals surface area contributed by atoms with E-state index in [0.717, 1.165) is 57.8 Å². The van der Waals surface area contributed by atoms with Crippen LogP contribution in [0.4, 0.5) is 5.82 Å². The number of likely N-dealkylation sites (N-methyl/N-ethyl adjacent to an activating group) is 1. The smallest absolute Gasteiger partial charge is 0.324 e. The lowest BCUT2D eigenvalue weighted by Crippen LogP contribution is -2.59. The Morgan fingerprint density at radius 1 is 1.40 bits per heavy atom. The summed E-state index contributed by atoms with van der Waals surface area (Å²) < 4.78 is 0. The summed E-state index contributed by atoms with van der Waals surface area (Å²) in [7, 11) is 0. The topological polar surface area (TPSA) is 57.7 Å². The minimum Gasteiger partial charge on any atom is -0.370 e. The first kappa shape index (κ1) is 18.1. The van der Waals surface area contributed by atoms with Crippen LogP contribution >= 0.6 is 0 Å². The van der Waals surface area contributed by atoms with Crippen molar-refractivity contribution in [2.75, 3.05) is 38.0 Å². The molecule has 138 valence electrons. The molecule has 0 unspecified atom stereocenters. The highest BCUT2D eigenvalue weighted by atomic mass is 16.7. The largest absolute Gasteiger partial charge is 0.370 e. The van der Waals surface area contributed by atoms with Crippen LogP contribution in [0.25, 0.3) is 0 Å². The summed E-state index contributed by atoms with van der Waals surface area (Å²) in [6.45, 7) is 8.66. The van der Waals surface area contributed by atoms with Crippen LogP contribution in [0.2, 0.25) is 0 Å². The highest BCUT2D eigenvalue weighted by Crippen LogP contribution is 2.21. The van der Waals surface area contributed by atoms with Crippen molar-refractivity contribution in [3.8, 4) is 0 Å². The number of nitrogens with zero attached hydrogens (tertiary/aromatic N) is 3. The first-order valence-corrected chi connectivity index (χ1v) is 9.62. The molecule has 0 amide bonds. The standard InChI is InChI=1S/C19H30N4O2/c1-3-18(24)25-23(4-2)17-13-22(14-17)12-6-8-16-10-9-15-7-5-11-20-19(15)21-16/h9-10,17H,3-8,11-14H2,1-2H3,(H,20,21). The average molecular weight is 346 g/mol. The number of rotatable bonds is 8. The minimum absolute atomic E-state index is 0.146. The summed E-state index contributed by atoms with van der Waals surface area (Å²) in [5.41, 5.74) is 2.53. The molecule has 2 aliphatic heterocycles. The van der Waals surface area contributed by atoms with Crippen LogP contribution in [0, 0.1) is 0 Å². The van der Waals surface area contributed by atoms with Crippen LogP contribution in [0.3, 0.4) is 0 Å². The second-order valence-electron chi connectivity index (χ2n) is 6.91. The molecule has 0 spiro atoms. The van der Waals surface area contributed by atoms with Crippen LogP contribution in [0.5, 0.6) is 0 Å². The van der Waals surface area contributed by atoms with E-state index in [-0.39, 0.29) is 5.97 Å². The Morgan fingerprint density at radius 2 is 2.24 bits per heavy atom. The molecule has 3 rings (SSSR count). The first-order chi connectivity index (χ1) is 12.2. The van der Waals surface area contributed by atoms with Gasteiger partial charge in [-0.25, -0.2) is 4.98 Å². The van der Waals surface area contributed by atoms with Crippen LogP contribution < -0.4 is 5.32 Å². The molecule has 2 aliphatic rings. The third kappa shape index (κ3) is 4.70. The number of pyridine rings is 1. The molecule has 3 heterocycles. The van der Waals surface area contributed by atoms with E-state index in [4.69, 9.17) is 9.82 Å². The number of hydrogen-bond donors (Lipinski definition) is 1. The van der Waals surface area contributed by atoms with Gasteiger partial charge in [0, 0.05) is 38.3 Å². The van der Waals surface area contributed by atoms with Crippen molar-refractivity contribution >= 4 is 11.8 Å². The Balaban J connectivity index is 1.37. The van der Waals surface area contributed by atoms with E-state index < -0.39 is 0 Å². The Morgan fingerprint density at radius 3 is 3.00 bits per heavy atom. The number of fused-ring (bicyclic) bond motifs is 1. The Kier molecular flexibility index (Phi) is 6.26. The van der Waals surface area contributed by atoms with Gasteiger partial charge >= 0.3 is 5.97 Å². The fourth-order valence-electron chi connectivity index (χ4n) is 3.49. The molecule has 6 nitrogen and oxygen atoms in total. The first-order valence-electron chi connectivity index (χ1n) is 9.62. The minimum atomic E-state index is -0.146. The van der Waals surface area contributed by atoms with E-state index in [2.05, 4.69) is 22.3 Å². The van der Waals surface area contributed by atoms with Gasteiger partial charge in [-0.15, -0.1) is 5.06 Å². The van der Waals surface area contributed by atoms with Crippen molar-refractivity contribution in [3.05, 3.63) is 23.4 Å². The fourth-order valence-corrected chi connectivity index (χ4v) is 3.49. The van der Waals surface area contributed by atoms with Gasteiger partial charge in [0.2, 0.25) is 0 Å². The zero-order valence-corrected chi connectivity index (χ0v) is 15.5. The third-order valence-corrected chi connectivity index (χ3v) is 5.02. The molecular weight excluding hydrogens is 316 g/mol. The number of carbonyl (C=O) groups is 1. The number of likely N-dealkylation sites (tertiary alicyclic amines) is 1. The Labute approximate surface area is 150 Å². The third-order valence-electron chi connectivity index (χ3n) is 5.02. The van der Waals surface area contributed by atoms with Gasteiger partial charge in [0.25, 0.3) is 0 Å². The molecule has 0 aromatic carbocycles. The summed E-state index contributed by atoms with van der Waals surface area (Å²) in [6.07, 6.45) is 4.89. The molecule has 0 bridgehead atoms. The van der Waals surface area contributed by atoms with Crippen molar-refractivity contribution in [1.82, 2.24) is 14.9 Å². The van der Waals surface area contributed by atoms with Gasteiger partial charge in [-0.3, -0.25) is 9.69 Å². The molecule has 0 radical (unpaired) electrons. The number of aryl methyl sites for hydroxylation is 2. The fraction of sp³-hybridized carbons (Fsp3) is 0.684. The van der Waals surface area contributed by atoms with Crippen LogP contribution in [-0.2, 0) is 22.5 Å². The molecule has 1 aromatic rings. The number of hydroxylamine groups is 2. The lowest BCUT2D eigenvalue weighted by molar-refractivity contribution is -0.214. The van der Waals surface area contributed by atoms with Gasteiger partial charge in [0.15, 0.2) is 0 Å². The second-order valence-corrected chi connectivity index (χ2v) is 6.91. The molecule has 1 saturated heterocycles. The van der Waals surface area contributed by atoms with E-state index in [1.165, 1.54) is 17.7 Å². The Hall–Kier alpha value is -1.66. The second kappa shape index (κ2) is 8.63. The molecule has 0 saturated carbocycles. The predicted octanol–water partition coefficient (Wildman–Crippen LogP) is 2.25. The van der Waals surface area contributed by atoms with Crippen molar-refractivity contribution in [1.29, 1.82) is 0 Å². The quantitative estimate of drug-likeness (QED) is 0.729. The van der Waals surface area contributed by atoms with Crippen molar-refractivity contribution in [2.24, 2.45) is 0 Å². The molecule has 0 aliphatic carbocycles. The SMILES string of the molecule is CCC(=O)ON(CC)C1CN(CCCc2ccc3c(n2)NCCC3)C1. The van der Waals surface area contributed by atoms with Gasteiger partial charge in [0.1, 0.15) is 5.82 Å². The normalized spacial score (nSPS) is 17.7. The van der Waals surface area contributed by atoms with E-state index in [1.807, 2.05) is 18.9 Å². The lowest BCUT2D eigenvalue weighted by Gasteiger charge is -2.43. The number of anilines is 1. The maximum absolute atomic E-state index is 11.4. The summed E-state index contributed by atoms with van der Waals surface area (Å²) in [4.78, 5) is 24.0. The number of nitrogens with one attached hydrogen (secondary N) is 1.